The van der Waals surface area contributed by atoms with E-state index in [1.165, 1.54) is 5.52 Å². The van der Waals surface area contributed by atoms with Crippen molar-refractivity contribution in [1.82, 2.24) is 19.4 Å². The van der Waals surface area contributed by atoms with E-state index in [4.69, 9.17) is 4.98 Å². The smallest absolute Gasteiger partial charge is 0.124 e. The third kappa shape index (κ3) is 3.37. The SMILES string of the molecule is CCn1c(CN2CCC([C@H](O)c3ccccn3)CC2)nc2ccccc21. The van der Waals surface area contributed by atoms with E-state index in [1.54, 1.807) is 6.20 Å². The summed E-state index contributed by atoms with van der Waals surface area (Å²) in [4.78, 5) is 11.6. The third-order valence-electron chi connectivity index (χ3n) is 5.48. The molecule has 2 aromatic heterocycles. The Morgan fingerprint density at radius 1 is 1.12 bits per heavy atom. The molecule has 1 aliphatic heterocycles. The van der Waals surface area contributed by atoms with Gasteiger partial charge in [0.2, 0.25) is 0 Å². The maximum atomic E-state index is 10.6. The number of hydrogen-bond acceptors (Lipinski definition) is 4. The van der Waals surface area contributed by atoms with Crippen LogP contribution in [0.25, 0.3) is 11.0 Å². The van der Waals surface area contributed by atoms with Crippen LogP contribution in [0.2, 0.25) is 0 Å². The van der Waals surface area contributed by atoms with Gasteiger partial charge in [-0.25, -0.2) is 4.98 Å². The van der Waals surface area contributed by atoms with Gasteiger partial charge in [0.15, 0.2) is 0 Å². The van der Waals surface area contributed by atoms with Crippen molar-refractivity contribution < 1.29 is 5.11 Å². The van der Waals surface area contributed by atoms with Crippen molar-refractivity contribution in [2.45, 2.75) is 39.0 Å². The Morgan fingerprint density at radius 3 is 2.62 bits per heavy atom. The number of hydrogen-bond donors (Lipinski definition) is 1. The van der Waals surface area contributed by atoms with E-state index < -0.39 is 6.10 Å². The highest BCUT2D eigenvalue weighted by Gasteiger charge is 2.27. The van der Waals surface area contributed by atoms with Crippen LogP contribution in [0.4, 0.5) is 0 Å². The molecule has 1 saturated heterocycles. The largest absolute Gasteiger partial charge is 0.387 e. The van der Waals surface area contributed by atoms with Gasteiger partial charge in [0.1, 0.15) is 5.82 Å². The minimum atomic E-state index is -0.460. The average molecular weight is 350 g/mol. The predicted octanol–water partition coefficient (Wildman–Crippen LogP) is 3.40. The van der Waals surface area contributed by atoms with Crippen molar-refractivity contribution in [2.24, 2.45) is 5.92 Å². The molecule has 0 amide bonds. The van der Waals surface area contributed by atoms with E-state index in [0.717, 1.165) is 56.1 Å². The third-order valence-corrected chi connectivity index (χ3v) is 5.48. The Bertz CT molecular complexity index is 853. The van der Waals surface area contributed by atoms with Crippen LogP contribution in [0, 0.1) is 5.92 Å². The summed E-state index contributed by atoms with van der Waals surface area (Å²) in [5.74, 6) is 1.42. The zero-order chi connectivity index (χ0) is 17.9. The lowest BCUT2D eigenvalue weighted by Crippen LogP contribution is -2.36. The first-order valence-corrected chi connectivity index (χ1v) is 9.51. The normalized spacial score (nSPS) is 17.6. The van der Waals surface area contributed by atoms with E-state index in [-0.39, 0.29) is 5.92 Å². The Morgan fingerprint density at radius 2 is 1.88 bits per heavy atom. The molecule has 1 aliphatic rings. The summed E-state index contributed by atoms with van der Waals surface area (Å²) < 4.78 is 2.31. The first-order chi connectivity index (χ1) is 12.8. The van der Waals surface area contributed by atoms with Gasteiger partial charge in [0.05, 0.1) is 29.4 Å². The molecule has 0 bridgehead atoms. The number of piperidine rings is 1. The molecule has 1 fully saturated rings. The number of para-hydroxylation sites is 2. The molecule has 26 heavy (non-hydrogen) atoms. The summed E-state index contributed by atoms with van der Waals surface area (Å²) in [5.41, 5.74) is 3.08. The number of fused-ring (bicyclic) bond motifs is 1. The predicted molar refractivity (Wildman–Crippen MR) is 103 cm³/mol. The average Bonchev–Trinajstić information content (AvgIpc) is 3.05. The molecular formula is C21H26N4O. The topological polar surface area (TPSA) is 54.2 Å². The van der Waals surface area contributed by atoms with Crippen LogP contribution in [-0.4, -0.2) is 37.6 Å². The zero-order valence-electron chi connectivity index (χ0n) is 15.3. The summed E-state index contributed by atoms with van der Waals surface area (Å²) in [6, 6.07) is 14.1. The minimum absolute atomic E-state index is 0.283. The number of pyridine rings is 1. The molecule has 5 heteroatoms. The highest BCUT2D eigenvalue weighted by molar-refractivity contribution is 5.75. The van der Waals surface area contributed by atoms with E-state index in [0.29, 0.717) is 0 Å². The number of aromatic nitrogens is 3. The Kier molecular flexibility index (Phi) is 5.00. The molecule has 4 rings (SSSR count). The van der Waals surface area contributed by atoms with Crippen LogP contribution in [0.5, 0.6) is 0 Å². The molecule has 5 nitrogen and oxygen atoms in total. The van der Waals surface area contributed by atoms with Crippen molar-refractivity contribution in [3.8, 4) is 0 Å². The van der Waals surface area contributed by atoms with E-state index in [1.807, 2.05) is 24.3 Å². The van der Waals surface area contributed by atoms with Gasteiger partial charge in [-0.2, -0.15) is 0 Å². The molecule has 3 aromatic rings. The van der Waals surface area contributed by atoms with Gasteiger partial charge >= 0.3 is 0 Å². The molecular weight excluding hydrogens is 324 g/mol. The highest BCUT2D eigenvalue weighted by Crippen LogP contribution is 2.30. The summed E-state index contributed by atoms with van der Waals surface area (Å²) in [6.07, 6.45) is 3.27. The fourth-order valence-electron chi connectivity index (χ4n) is 4.02. The summed E-state index contributed by atoms with van der Waals surface area (Å²) >= 11 is 0. The molecule has 136 valence electrons. The number of likely N-dealkylation sites (tertiary alicyclic amines) is 1. The quantitative estimate of drug-likeness (QED) is 0.766. The first-order valence-electron chi connectivity index (χ1n) is 9.51. The van der Waals surface area contributed by atoms with Crippen LogP contribution in [0.3, 0.4) is 0 Å². The second-order valence-electron chi connectivity index (χ2n) is 7.07. The number of nitrogens with zero attached hydrogens (tertiary/aromatic N) is 4. The highest BCUT2D eigenvalue weighted by atomic mass is 16.3. The minimum Gasteiger partial charge on any atom is -0.387 e. The zero-order valence-corrected chi connectivity index (χ0v) is 15.3. The van der Waals surface area contributed by atoms with Crippen molar-refractivity contribution >= 4 is 11.0 Å². The molecule has 3 heterocycles. The number of aryl methyl sites for hydroxylation is 1. The molecule has 0 radical (unpaired) electrons. The molecule has 0 aliphatic carbocycles. The Hall–Kier alpha value is -2.24. The van der Waals surface area contributed by atoms with E-state index in [9.17, 15) is 5.11 Å². The van der Waals surface area contributed by atoms with Crippen molar-refractivity contribution in [2.75, 3.05) is 13.1 Å². The summed E-state index contributed by atoms with van der Waals surface area (Å²) in [6.45, 7) is 5.95. The fourth-order valence-corrected chi connectivity index (χ4v) is 4.02. The van der Waals surface area contributed by atoms with Gasteiger partial charge in [-0.1, -0.05) is 18.2 Å². The van der Waals surface area contributed by atoms with Crippen LogP contribution in [-0.2, 0) is 13.1 Å². The molecule has 1 aromatic carbocycles. The standard InChI is InChI=1S/C21H26N4O/c1-2-25-19-9-4-3-7-17(19)23-20(25)15-24-13-10-16(11-14-24)21(26)18-8-5-6-12-22-18/h3-9,12,16,21,26H,2,10-11,13-15H2,1H3/t21-/m0/s1. The maximum Gasteiger partial charge on any atom is 0.124 e. The molecule has 1 N–H and O–H groups in total. The Labute approximate surface area is 154 Å². The van der Waals surface area contributed by atoms with Gasteiger partial charge < -0.3 is 9.67 Å². The molecule has 0 spiro atoms. The lowest BCUT2D eigenvalue weighted by Gasteiger charge is -2.33. The van der Waals surface area contributed by atoms with Crippen LogP contribution in [0.15, 0.2) is 48.7 Å². The lowest BCUT2D eigenvalue weighted by molar-refractivity contribution is 0.0530. The maximum absolute atomic E-state index is 10.6. The number of aliphatic hydroxyl groups is 1. The van der Waals surface area contributed by atoms with Gasteiger partial charge in [-0.3, -0.25) is 9.88 Å². The van der Waals surface area contributed by atoms with Crippen LogP contribution < -0.4 is 0 Å². The number of imidazole rings is 1. The van der Waals surface area contributed by atoms with Crippen molar-refractivity contribution in [3.63, 3.8) is 0 Å². The fraction of sp³-hybridized carbons (Fsp3) is 0.429. The number of aliphatic hydroxyl groups excluding tert-OH is 1. The van der Waals surface area contributed by atoms with Gasteiger partial charge in [-0.15, -0.1) is 0 Å². The summed E-state index contributed by atoms with van der Waals surface area (Å²) in [7, 11) is 0. The molecule has 0 saturated carbocycles. The second-order valence-corrected chi connectivity index (χ2v) is 7.07. The number of rotatable bonds is 5. The summed E-state index contributed by atoms with van der Waals surface area (Å²) in [5, 5.41) is 10.6. The number of benzene rings is 1. The lowest BCUT2D eigenvalue weighted by atomic mass is 9.89. The second kappa shape index (κ2) is 7.56. The van der Waals surface area contributed by atoms with Gasteiger partial charge in [0, 0.05) is 12.7 Å². The van der Waals surface area contributed by atoms with Gasteiger partial charge in [-0.05, 0) is 63.0 Å². The molecule has 0 unspecified atom stereocenters. The van der Waals surface area contributed by atoms with Crippen LogP contribution in [0.1, 0.15) is 37.4 Å². The Balaban J connectivity index is 1.41. The first kappa shape index (κ1) is 17.2. The van der Waals surface area contributed by atoms with E-state index >= 15 is 0 Å². The van der Waals surface area contributed by atoms with Crippen LogP contribution >= 0.6 is 0 Å². The van der Waals surface area contributed by atoms with Crippen molar-refractivity contribution in [3.05, 3.63) is 60.2 Å². The van der Waals surface area contributed by atoms with Crippen molar-refractivity contribution in [1.29, 1.82) is 0 Å². The monoisotopic (exact) mass is 350 g/mol. The van der Waals surface area contributed by atoms with Gasteiger partial charge in [0.25, 0.3) is 0 Å². The van der Waals surface area contributed by atoms with E-state index in [2.05, 4.69) is 39.6 Å². The molecule has 1 atom stereocenters.